The van der Waals surface area contributed by atoms with Crippen molar-refractivity contribution in [3.63, 3.8) is 0 Å². The summed E-state index contributed by atoms with van der Waals surface area (Å²) in [7, 11) is 4.30. The molecule has 0 radical (unpaired) electrons. The summed E-state index contributed by atoms with van der Waals surface area (Å²) in [6.45, 7) is 14.1. The number of piperazine rings is 1. The van der Waals surface area contributed by atoms with Gasteiger partial charge in [0, 0.05) is 51.9 Å². The zero-order chi connectivity index (χ0) is 13.4. The van der Waals surface area contributed by atoms with Crippen LogP contribution in [-0.2, 0) is 0 Å². The van der Waals surface area contributed by atoms with Crippen LogP contribution in [0.4, 0.5) is 0 Å². The molecule has 0 aromatic rings. The highest BCUT2D eigenvalue weighted by Gasteiger charge is 2.20. The van der Waals surface area contributed by atoms with E-state index in [-0.39, 0.29) is 0 Å². The van der Waals surface area contributed by atoms with Gasteiger partial charge < -0.3 is 10.2 Å². The van der Waals surface area contributed by atoms with Gasteiger partial charge in [-0.15, -0.1) is 0 Å². The lowest BCUT2D eigenvalue weighted by Gasteiger charge is -2.38. The number of rotatable bonds is 8. The fourth-order valence-corrected chi connectivity index (χ4v) is 2.39. The molecule has 1 aliphatic rings. The highest BCUT2D eigenvalue weighted by atomic mass is 15.3. The summed E-state index contributed by atoms with van der Waals surface area (Å²) in [5.41, 5.74) is 0. The van der Waals surface area contributed by atoms with Gasteiger partial charge in [0.05, 0.1) is 0 Å². The third-order valence-electron chi connectivity index (χ3n) is 3.76. The maximum atomic E-state index is 3.52. The van der Waals surface area contributed by atoms with Crippen molar-refractivity contribution in [3.8, 4) is 0 Å². The first-order valence-corrected chi connectivity index (χ1v) is 7.45. The van der Waals surface area contributed by atoms with Crippen molar-refractivity contribution < 1.29 is 0 Å². The molecular formula is C14H32N4. The Morgan fingerprint density at radius 1 is 1.17 bits per heavy atom. The van der Waals surface area contributed by atoms with Gasteiger partial charge in [0.25, 0.3) is 0 Å². The Kier molecular flexibility index (Phi) is 7.82. The molecule has 0 aliphatic carbocycles. The Morgan fingerprint density at radius 3 is 2.39 bits per heavy atom. The van der Waals surface area contributed by atoms with E-state index in [2.05, 4.69) is 48.0 Å². The molecule has 1 aliphatic heterocycles. The molecule has 1 rings (SSSR count). The molecule has 1 heterocycles. The summed E-state index contributed by atoms with van der Waals surface area (Å²) >= 11 is 0. The van der Waals surface area contributed by atoms with Crippen LogP contribution in [0.1, 0.15) is 20.3 Å². The molecule has 0 bridgehead atoms. The minimum atomic E-state index is 0.674. The molecule has 18 heavy (non-hydrogen) atoms. The van der Waals surface area contributed by atoms with Crippen molar-refractivity contribution in [2.75, 3.05) is 66.5 Å². The lowest BCUT2D eigenvalue weighted by atomic mass is 10.2. The average molecular weight is 256 g/mol. The zero-order valence-electron chi connectivity index (χ0n) is 12.8. The van der Waals surface area contributed by atoms with Crippen molar-refractivity contribution in [1.82, 2.24) is 20.0 Å². The van der Waals surface area contributed by atoms with Crippen molar-refractivity contribution in [2.24, 2.45) is 0 Å². The summed E-state index contributed by atoms with van der Waals surface area (Å²) < 4.78 is 0. The second-order valence-corrected chi connectivity index (χ2v) is 5.73. The lowest BCUT2D eigenvalue weighted by Crippen LogP contribution is -2.52. The first-order chi connectivity index (χ1) is 8.63. The quantitative estimate of drug-likeness (QED) is 0.640. The van der Waals surface area contributed by atoms with Gasteiger partial charge in [-0.05, 0) is 34.0 Å². The first-order valence-electron chi connectivity index (χ1n) is 7.45. The highest BCUT2D eigenvalue weighted by Crippen LogP contribution is 2.05. The van der Waals surface area contributed by atoms with Crippen LogP contribution in [0.2, 0.25) is 0 Å². The van der Waals surface area contributed by atoms with Crippen LogP contribution >= 0.6 is 0 Å². The molecule has 1 fully saturated rings. The molecular weight excluding hydrogens is 224 g/mol. The average Bonchev–Trinajstić information content (AvgIpc) is 2.37. The van der Waals surface area contributed by atoms with Gasteiger partial charge in [0.2, 0.25) is 0 Å². The van der Waals surface area contributed by atoms with Crippen LogP contribution in [0.3, 0.4) is 0 Å². The molecule has 1 saturated heterocycles. The summed E-state index contributed by atoms with van der Waals surface area (Å²) in [6.07, 6.45) is 1.23. The summed E-state index contributed by atoms with van der Waals surface area (Å²) in [5.74, 6) is 0. The summed E-state index contributed by atoms with van der Waals surface area (Å²) in [5, 5.41) is 3.52. The first kappa shape index (κ1) is 15.9. The summed E-state index contributed by atoms with van der Waals surface area (Å²) in [4.78, 5) is 7.47. The van der Waals surface area contributed by atoms with Gasteiger partial charge in [-0.2, -0.15) is 0 Å². The number of hydrogen-bond donors (Lipinski definition) is 1. The highest BCUT2D eigenvalue weighted by molar-refractivity contribution is 4.77. The van der Waals surface area contributed by atoms with Gasteiger partial charge in [-0.25, -0.2) is 0 Å². The molecule has 0 saturated carbocycles. The van der Waals surface area contributed by atoms with Crippen LogP contribution in [0, 0.1) is 0 Å². The van der Waals surface area contributed by atoms with Gasteiger partial charge in [-0.1, -0.05) is 6.92 Å². The maximum Gasteiger partial charge on any atom is 0.0193 e. The van der Waals surface area contributed by atoms with Crippen molar-refractivity contribution in [1.29, 1.82) is 0 Å². The van der Waals surface area contributed by atoms with Crippen LogP contribution in [0.25, 0.3) is 0 Å². The third kappa shape index (κ3) is 6.14. The molecule has 1 N–H and O–H groups in total. The minimum Gasteiger partial charge on any atom is -0.315 e. The normalized spacial score (nSPS) is 20.5. The molecule has 108 valence electrons. The monoisotopic (exact) mass is 256 g/mol. The fraction of sp³-hybridized carbons (Fsp3) is 1.00. The van der Waals surface area contributed by atoms with Gasteiger partial charge >= 0.3 is 0 Å². The zero-order valence-corrected chi connectivity index (χ0v) is 12.8. The Morgan fingerprint density at radius 2 is 1.83 bits per heavy atom. The largest absolute Gasteiger partial charge is 0.315 e. The van der Waals surface area contributed by atoms with E-state index >= 15 is 0 Å². The van der Waals surface area contributed by atoms with E-state index in [4.69, 9.17) is 0 Å². The minimum absolute atomic E-state index is 0.674. The van der Waals surface area contributed by atoms with Crippen molar-refractivity contribution >= 4 is 0 Å². The molecule has 1 atom stereocenters. The number of likely N-dealkylation sites (N-methyl/N-ethyl adjacent to an activating group) is 1. The topological polar surface area (TPSA) is 21.8 Å². The standard InChI is InChI=1S/C14H32N4/c1-5-6-15-13-14(2)18-11-9-17(10-12-18)8-7-16(3)4/h14-15H,5-13H2,1-4H3. The second-order valence-electron chi connectivity index (χ2n) is 5.73. The summed E-state index contributed by atoms with van der Waals surface area (Å²) in [6, 6.07) is 0.674. The molecule has 1 unspecified atom stereocenters. The lowest BCUT2D eigenvalue weighted by molar-refractivity contribution is 0.0971. The number of nitrogens with one attached hydrogen (secondary N) is 1. The van der Waals surface area contributed by atoms with E-state index in [1.54, 1.807) is 0 Å². The molecule has 0 spiro atoms. The van der Waals surface area contributed by atoms with Crippen LogP contribution in [0.15, 0.2) is 0 Å². The molecule has 0 aromatic heterocycles. The van der Waals surface area contributed by atoms with Crippen LogP contribution in [0.5, 0.6) is 0 Å². The van der Waals surface area contributed by atoms with E-state index in [0.717, 1.165) is 13.1 Å². The third-order valence-corrected chi connectivity index (χ3v) is 3.76. The van der Waals surface area contributed by atoms with Crippen LogP contribution in [-0.4, -0.2) is 87.2 Å². The second kappa shape index (κ2) is 8.86. The Balaban J connectivity index is 2.14. The molecule has 0 aromatic carbocycles. The Labute approximate surface area is 113 Å². The van der Waals surface area contributed by atoms with Gasteiger partial charge in [0.1, 0.15) is 0 Å². The maximum absolute atomic E-state index is 3.52. The van der Waals surface area contributed by atoms with E-state index in [0.29, 0.717) is 6.04 Å². The Bertz CT molecular complexity index is 200. The molecule has 0 amide bonds. The number of nitrogens with zero attached hydrogens (tertiary/aromatic N) is 3. The van der Waals surface area contributed by atoms with Gasteiger partial charge in [-0.3, -0.25) is 9.80 Å². The number of hydrogen-bond acceptors (Lipinski definition) is 4. The predicted octanol–water partition coefficient (Wildman–Crippen LogP) is 0.554. The van der Waals surface area contributed by atoms with Crippen LogP contribution < -0.4 is 5.32 Å². The van der Waals surface area contributed by atoms with Gasteiger partial charge in [0.15, 0.2) is 0 Å². The molecule has 4 nitrogen and oxygen atoms in total. The Hall–Kier alpha value is -0.160. The smallest absolute Gasteiger partial charge is 0.0193 e. The van der Waals surface area contributed by atoms with E-state index in [1.807, 2.05) is 0 Å². The predicted molar refractivity (Wildman–Crippen MR) is 79.2 cm³/mol. The fourth-order valence-electron chi connectivity index (χ4n) is 2.39. The van der Waals surface area contributed by atoms with Crippen molar-refractivity contribution in [2.45, 2.75) is 26.3 Å². The van der Waals surface area contributed by atoms with Crippen molar-refractivity contribution in [3.05, 3.63) is 0 Å². The van der Waals surface area contributed by atoms with E-state index < -0.39 is 0 Å². The van der Waals surface area contributed by atoms with E-state index in [9.17, 15) is 0 Å². The van der Waals surface area contributed by atoms with E-state index in [1.165, 1.54) is 45.7 Å². The molecule has 4 heteroatoms. The SMILES string of the molecule is CCCNCC(C)N1CCN(CCN(C)C)CC1.